The lowest BCUT2D eigenvalue weighted by Crippen LogP contribution is -2.39. The van der Waals surface area contributed by atoms with Gasteiger partial charge in [0.25, 0.3) is 0 Å². The summed E-state index contributed by atoms with van der Waals surface area (Å²) in [6.45, 7) is 12.1. The van der Waals surface area contributed by atoms with Crippen molar-refractivity contribution in [1.29, 1.82) is 0 Å². The SMILES string of the molecule is CC(C)CN(CC(C)C)C(=O)Cn1c(C(C)NC(=O)Cc2ccccc2)nc2ccccc21. The second-order valence-corrected chi connectivity index (χ2v) is 9.58. The van der Waals surface area contributed by atoms with E-state index in [0.717, 1.165) is 29.7 Å². The smallest absolute Gasteiger partial charge is 0.242 e. The molecule has 0 aliphatic rings. The number of benzene rings is 2. The molecule has 0 radical (unpaired) electrons. The van der Waals surface area contributed by atoms with E-state index in [1.165, 1.54) is 0 Å². The molecule has 1 unspecified atom stereocenters. The minimum absolute atomic E-state index is 0.0696. The molecule has 2 amide bonds. The van der Waals surface area contributed by atoms with Crippen LogP contribution in [0.4, 0.5) is 0 Å². The zero-order valence-electron chi connectivity index (χ0n) is 20.4. The molecule has 0 saturated heterocycles. The van der Waals surface area contributed by atoms with Gasteiger partial charge in [-0.05, 0) is 36.5 Å². The van der Waals surface area contributed by atoms with Crippen molar-refractivity contribution in [2.75, 3.05) is 13.1 Å². The summed E-state index contributed by atoms with van der Waals surface area (Å²) < 4.78 is 1.96. The standard InChI is InChI=1S/C27H36N4O2/c1-19(2)16-30(17-20(3)4)26(33)18-31-24-14-10-9-13-23(24)29-27(31)21(5)28-25(32)15-22-11-7-6-8-12-22/h6-14,19-21H,15-18H2,1-5H3,(H,28,32). The number of hydrogen-bond donors (Lipinski definition) is 1. The number of imidazole rings is 1. The maximum Gasteiger partial charge on any atom is 0.242 e. The number of carbonyl (C=O) groups is 2. The first-order valence-corrected chi connectivity index (χ1v) is 11.8. The number of rotatable bonds is 10. The lowest BCUT2D eigenvalue weighted by molar-refractivity contribution is -0.132. The van der Waals surface area contributed by atoms with E-state index in [-0.39, 0.29) is 24.4 Å². The summed E-state index contributed by atoms with van der Waals surface area (Å²) >= 11 is 0. The summed E-state index contributed by atoms with van der Waals surface area (Å²) in [5.41, 5.74) is 2.69. The van der Waals surface area contributed by atoms with Crippen molar-refractivity contribution < 1.29 is 9.59 Å². The van der Waals surface area contributed by atoms with Gasteiger partial charge in [-0.1, -0.05) is 70.2 Å². The monoisotopic (exact) mass is 448 g/mol. The zero-order valence-corrected chi connectivity index (χ0v) is 20.4. The average molecular weight is 449 g/mol. The van der Waals surface area contributed by atoms with Gasteiger partial charge in [-0.25, -0.2) is 4.98 Å². The van der Waals surface area contributed by atoms with E-state index in [2.05, 4.69) is 33.0 Å². The first kappa shape index (κ1) is 24.5. The third kappa shape index (κ3) is 6.67. The quantitative estimate of drug-likeness (QED) is 0.493. The predicted molar refractivity (Wildman–Crippen MR) is 133 cm³/mol. The number of para-hydroxylation sites is 2. The highest BCUT2D eigenvalue weighted by Crippen LogP contribution is 2.22. The van der Waals surface area contributed by atoms with E-state index in [4.69, 9.17) is 4.98 Å². The lowest BCUT2D eigenvalue weighted by atomic mass is 10.1. The highest BCUT2D eigenvalue weighted by atomic mass is 16.2. The van der Waals surface area contributed by atoms with Gasteiger partial charge in [0, 0.05) is 13.1 Å². The normalized spacial score (nSPS) is 12.3. The van der Waals surface area contributed by atoms with Crippen LogP contribution >= 0.6 is 0 Å². The fourth-order valence-corrected chi connectivity index (χ4v) is 4.12. The molecule has 0 fully saturated rings. The first-order chi connectivity index (χ1) is 15.7. The maximum absolute atomic E-state index is 13.4. The molecule has 6 heteroatoms. The number of nitrogens with one attached hydrogen (secondary N) is 1. The molecular formula is C27H36N4O2. The molecule has 176 valence electrons. The topological polar surface area (TPSA) is 67.2 Å². The Hall–Kier alpha value is -3.15. The molecule has 33 heavy (non-hydrogen) atoms. The van der Waals surface area contributed by atoms with Gasteiger partial charge in [-0.2, -0.15) is 0 Å². The first-order valence-electron chi connectivity index (χ1n) is 11.8. The molecule has 3 rings (SSSR count). The van der Waals surface area contributed by atoms with Crippen molar-refractivity contribution in [3.05, 3.63) is 66.0 Å². The van der Waals surface area contributed by atoms with E-state index < -0.39 is 0 Å². The van der Waals surface area contributed by atoms with Crippen LogP contribution in [0.1, 0.15) is 52.0 Å². The molecule has 1 atom stereocenters. The highest BCUT2D eigenvalue weighted by molar-refractivity contribution is 5.82. The molecule has 1 N–H and O–H groups in total. The largest absolute Gasteiger partial charge is 0.346 e. The van der Waals surface area contributed by atoms with Crippen molar-refractivity contribution in [3.8, 4) is 0 Å². The van der Waals surface area contributed by atoms with Gasteiger partial charge >= 0.3 is 0 Å². The summed E-state index contributed by atoms with van der Waals surface area (Å²) in [5, 5.41) is 3.07. The minimum Gasteiger partial charge on any atom is -0.346 e. The summed E-state index contributed by atoms with van der Waals surface area (Å²) in [6.07, 6.45) is 0.306. The molecule has 6 nitrogen and oxygen atoms in total. The van der Waals surface area contributed by atoms with Crippen molar-refractivity contribution in [2.24, 2.45) is 11.8 Å². The van der Waals surface area contributed by atoms with Crippen LogP contribution in [0.5, 0.6) is 0 Å². The third-order valence-electron chi connectivity index (χ3n) is 5.47. The van der Waals surface area contributed by atoms with Gasteiger partial charge in [-0.15, -0.1) is 0 Å². The van der Waals surface area contributed by atoms with E-state index in [1.54, 1.807) is 0 Å². The number of nitrogens with zero attached hydrogens (tertiary/aromatic N) is 3. The molecular weight excluding hydrogens is 412 g/mol. The van der Waals surface area contributed by atoms with E-state index in [9.17, 15) is 9.59 Å². The zero-order chi connectivity index (χ0) is 24.0. The molecule has 0 saturated carbocycles. The molecule has 0 bridgehead atoms. The van der Waals surface area contributed by atoms with Crippen LogP contribution < -0.4 is 5.32 Å². The van der Waals surface area contributed by atoms with Crippen LogP contribution in [0, 0.1) is 11.8 Å². The summed E-state index contributed by atoms with van der Waals surface area (Å²) in [7, 11) is 0. The number of fused-ring (bicyclic) bond motifs is 1. The van der Waals surface area contributed by atoms with Gasteiger partial charge < -0.3 is 14.8 Å². The Morgan fingerprint density at radius 1 is 0.909 bits per heavy atom. The molecule has 3 aromatic rings. The third-order valence-corrected chi connectivity index (χ3v) is 5.47. The van der Waals surface area contributed by atoms with Crippen LogP contribution in [0.25, 0.3) is 11.0 Å². The van der Waals surface area contributed by atoms with Crippen molar-refractivity contribution in [2.45, 2.75) is 53.6 Å². The van der Waals surface area contributed by atoms with Gasteiger partial charge in [0.05, 0.1) is 23.5 Å². The second kappa shape index (κ2) is 11.1. The van der Waals surface area contributed by atoms with Gasteiger partial charge in [0.15, 0.2) is 0 Å². The fourth-order valence-electron chi connectivity index (χ4n) is 4.12. The van der Waals surface area contributed by atoms with Crippen LogP contribution in [0.15, 0.2) is 54.6 Å². The second-order valence-electron chi connectivity index (χ2n) is 9.58. The Bertz CT molecular complexity index is 1060. The number of amides is 2. The van der Waals surface area contributed by atoms with E-state index in [0.29, 0.717) is 24.1 Å². The molecule has 2 aromatic carbocycles. The van der Waals surface area contributed by atoms with Crippen molar-refractivity contribution in [3.63, 3.8) is 0 Å². The Balaban J connectivity index is 1.84. The summed E-state index contributed by atoms with van der Waals surface area (Å²) in [5.74, 6) is 1.48. The molecule has 1 aromatic heterocycles. The van der Waals surface area contributed by atoms with Crippen molar-refractivity contribution >= 4 is 22.8 Å². The molecule has 0 spiro atoms. The van der Waals surface area contributed by atoms with Gasteiger partial charge in [0.2, 0.25) is 11.8 Å². The highest BCUT2D eigenvalue weighted by Gasteiger charge is 2.23. The predicted octanol–water partition coefficient (Wildman–Crippen LogP) is 4.60. The van der Waals surface area contributed by atoms with Gasteiger partial charge in [0.1, 0.15) is 12.4 Å². The lowest BCUT2D eigenvalue weighted by Gasteiger charge is -2.27. The Morgan fingerprint density at radius 3 is 2.15 bits per heavy atom. The van der Waals surface area contributed by atoms with Crippen LogP contribution in [0.2, 0.25) is 0 Å². The summed E-state index contributed by atoms with van der Waals surface area (Å²) in [6, 6.07) is 17.2. The van der Waals surface area contributed by atoms with Crippen LogP contribution in [-0.4, -0.2) is 39.4 Å². The van der Waals surface area contributed by atoms with E-state index >= 15 is 0 Å². The van der Waals surface area contributed by atoms with Crippen LogP contribution in [-0.2, 0) is 22.6 Å². The Kier molecular flexibility index (Phi) is 8.26. The average Bonchev–Trinajstić information content (AvgIpc) is 3.12. The van der Waals surface area contributed by atoms with Gasteiger partial charge in [-0.3, -0.25) is 9.59 Å². The van der Waals surface area contributed by atoms with E-state index in [1.807, 2.05) is 71.0 Å². The minimum atomic E-state index is -0.329. The number of hydrogen-bond acceptors (Lipinski definition) is 3. The maximum atomic E-state index is 13.4. The number of carbonyl (C=O) groups excluding carboxylic acids is 2. The summed E-state index contributed by atoms with van der Waals surface area (Å²) in [4.78, 5) is 32.8. The molecule has 0 aliphatic heterocycles. The van der Waals surface area contributed by atoms with Crippen molar-refractivity contribution in [1.82, 2.24) is 19.8 Å². The number of aromatic nitrogens is 2. The van der Waals surface area contributed by atoms with Crippen LogP contribution in [0.3, 0.4) is 0 Å². The molecule has 0 aliphatic carbocycles. The fraction of sp³-hybridized carbons (Fsp3) is 0.444. The molecule has 1 heterocycles. The Morgan fingerprint density at radius 2 is 1.52 bits per heavy atom. The Labute approximate surface area is 197 Å².